The van der Waals surface area contributed by atoms with Gasteiger partial charge in [0, 0.05) is 12.3 Å². The van der Waals surface area contributed by atoms with Gasteiger partial charge in [-0.3, -0.25) is 0 Å². The standard InChI is InChI=1S/C13H17FN4OS/c1-3-18-12(7-15)16-17-13(18)20-8-9-4-5-11(19-2)10(14)6-9/h4-6H,3,7-8,15H2,1-2H3. The minimum Gasteiger partial charge on any atom is -0.494 e. The zero-order chi connectivity index (χ0) is 14.5. The van der Waals surface area contributed by atoms with Crippen LogP contribution in [-0.2, 0) is 18.8 Å². The number of ether oxygens (including phenoxy) is 1. The number of nitrogens with zero attached hydrogens (tertiary/aromatic N) is 3. The van der Waals surface area contributed by atoms with Crippen molar-refractivity contribution in [1.82, 2.24) is 14.8 Å². The molecule has 2 rings (SSSR count). The smallest absolute Gasteiger partial charge is 0.191 e. The highest BCUT2D eigenvalue weighted by Crippen LogP contribution is 2.25. The molecule has 2 aromatic rings. The van der Waals surface area contributed by atoms with Crippen molar-refractivity contribution in [3.63, 3.8) is 0 Å². The summed E-state index contributed by atoms with van der Waals surface area (Å²) < 4.78 is 20.5. The van der Waals surface area contributed by atoms with Gasteiger partial charge >= 0.3 is 0 Å². The van der Waals surface area contributed by atoms with Gasteiger partial charge in [0.05, 0.1) is 13.7 Å². The van der Waals surface area contributed by atoms with Gasteiger partial charge in [-0.15, -0.1) is 10.2 Å². The van der Waals surface area contributed by atoms with Gasteiger partial charge in [0.2, 0.25) is 0 Å². The van der Waals surface area contributed by atoms with Crippen molar-refractivity contribution >= 4 is 11.8 Å². The largest absolute Gasteiger partial charge is 0.494 e. The Morgan fingerprint density at radius 2 is 2.20 bits per heavy atom. The molecular formula is C13H17FN4OS. The highest BCUT2D eigenvalue weighted by Gasteiger charge is 2.10. The Morgan fingerprint density at radius 1 is 1.40 bits per heavy atom. The first-order valence-corrected chi connectivity index (χ1v) is 7.25. The summed E-state index contributed by atoms with van der Waals surface area (Å²) in [6, 6.07) is 4.94. The maximum absolute atomic E-state index is 13.6. The van der Waals surface area contributed by atoms with E-state index in [4.69, 9.17) is 10.5 Å². The number of rotatable bonds is 6. The molecule has 0 atom stereocenters. The van der Waals surface area contributed by atoms with E-state index in [1.54, 1.807) is 6.07 Å². The maximum Gasteiger partial charge on any atom is 0.191 e. The molecule has 0 saturated carbocycles. The molecule has 0 aliphatic carbocycles. The first kappa shape index (κ1) is 14.8. The van der Waals surface area contributed by atoms with Crippen LogP contribution >= 0.6 is 11.8 Å². The first-order valence-electron chi connectivity index (χ1n) is 6.27. The van der Waals surface area contributed by atoms with Crippen LogP contribution in [0.25, 0.3) is 0 Å². The third-order valence-electron chi connectivity index (χ3n) is 2.88. The molecule has 0 aliphatic rings. The summed E-state index contributed by atoms with van der Waals surface area (Å²) in [5.74, 6) is 1.27. The summed E-state index contributed by atoms with van der Waals surface area (Å²) >= 11 is 1.51. The number of hydrogen-bond acceptors (Lipinski definition) is 5. The molecule has 108 valence electrons. The molecule has 0 amide bonds. The summed E-state index contributed by atoms with van der Waals surface area (Å²) in [6.45, 7) is 3.14. The Balaban J connectivity index is 2.09. The second kappa shape index (κ2) is 6.71. The van der Waals surface area contributed by atoms with E-state index in [2.05, 4.69) is 10.2 Å². The number of aromatic nitrogens is 3. The molecule has 0 bridgehead atoms. The van der Waals surface area contributed by atoms with Crippen LogP contribution in [0, 0.1) is 5.82 Å². The Kier molecular flexibility index (Phi) is 4.97. The van der Waals surface area contributed by atoms with Crippen molar-refractivity contribution in [2.24, 2.45) is 5.73 Å². The van der Waals surface area contributed by atoms with Crippen molar-refractivity contribution in [2.45, 2.75) is 30.9 Å². The second-order valence-corrected chi connectivity index (χ2v) is 5.05. The minimum atomic E-state index is -0.356. The van der Waals surface area contributed by atoms with Gasteiger partial charge < -0.3 is 15.0 Å². The fourth-order valence-electron chi connectivity index (χ4n) is 1.84. The third kappa shape index (κ3) is 3.10. The van der Waals surface area contributed by atoms with Crippen LogP contribution in [0.15, 0.2) is 23.4 Å². The van der Waals surface area contributed by atoms with E-state index in [9.17, 15) is 4.39 Å². The van der Waals surface area contributed by atoms with Gasteiger partial charge in [-0.1, -0.05) is 17.8 Å². The molecule has 1 aromatic heterocycles. The maximum atomic E-state index is 13.6. The lowest BCUT2D eigenvalue weighted by molar-refractivity contribution is 0.386. The van der Waals surface area contributed by atoms with Crippen molar-refractivity contribution < 1.29 is 9.13 Å². The fourth-order valence-corrected chi connectivity index (χ4v) is 2.81. The Morgan fingerprint density at radius 3 is 2.80 bits per heavy atom. The highest BCUT2D eigenvalue weighted by atomic mass is 32.2. The zero-order valence-electron chi connectivity index (χ0n) is 11.5. The Labute approximate surface area is 121 Å². The molecule has 0 radical (unpaired) electrons. The number of halogens is 1. The molecule has 0 saturated heterocycles. The lowest BCUT2D eigenvalue weighted by atomic mass is 10.2. The van der Waals surface area contributed by atoms with E-state index in [1.807, 2.05) is 17.6 Å². The van der Waals surface area contributed by atoms with Gasteiger partial charge in [0.25, 0.3) is 0 Å². The predicted molar refractivity (Wildman–Crippen MR) is 76.1 cm³/mol. The molecule has 0 fully saturated rings. The lowest BCUT2D eigenvalue weighted by Crippen LogP contribution is -2.08. The topological polar surface area (TPSA) is 66.0 Å². The summed E-state index contributed by atoms with van der Waals surface area (Å²) in [4.78, 5) is 0. The van der Waals surface area contributed by atoms with Gasteiger partial charge in [-0.25, -0.2) is 4.39 Å². The first-order chi connectivity index (χ1) is 9.69. The predicted octanol–water partition coefficient (Wildman–Crippen LogP) is 2.20. The molecule has 20 heavy (non-hydrogen) atoms. The summed E-state index contributed by atoms with van der Waals surface area (Å²) in [5, 5.41) is 8.94. The number of thioether (sulfide) groups is 1. The Bertz CT molecular complexity index is 588. The molecule has 0 aliphatic heterocycles. The fraction of sp³-hybridized carbons (Fsp3) is 0.385. The second-order valence-electron chi connectivity index (χ2n) is 4.10. The van der Waals surface area contributed by atoms with Crippen LogP contribution < -0.4 is 10.5 Å². The molecular weight excluding hydrogens is 279 g/mol. The van der Waals surface area contributed by atoms with Crippen LogP contribution in [0.4, 0.5) is 4.39 Å². The van der Waals surface area contributed by atoms with Crippen LogP contribution in [0.3, 0.4) is 0 Å². The van der Waals surface area contributed by atoms with Crippen molar-refractivity contribution in [2.75, 3.05) is 7.11 Å². The van der Waals surface area contributed by atoms with Crippen LogP contribution in [-0.4, -0.2) is 21.9 Å². The lowest BCUT2D eigenvalue weighted by Gasteiger charge is -2.07. The molecule has 0 unspecified atom stereocenters. The Hall–Kier alpha value is -1.60. The van der Waals surface area contributed by atoms with Gasteiger partial charge in [-0.2, -0.15) is 0 Å². The normalized spacial score (nSPS) is 10.8. The molecule has 7 heteroatoms. The van der Waals surface area contributed by atoms with E-state index in [0.717, 1.165) is 23.1 Å². The van der Waals surface area contributed by atoms with Crippen molar-refractivity contribution in [1.29, 1.82) is 0 Å². The average molecular weight is 296 g/mol. The van der Waals surface area contributed by atoms with E-state index in [1.165, 1.54) is 24.9 Å². The number of nitrogens with two attached hydrogens (primary N) is 1. The molecule has 2 N–H and O–H groups in total. The summed E-state index contributed by atoms with van der Waals surface area (Å²) in [7, 11) is 1.45. The van der Waals surface area contributed by atoms with Gasteiger partial charge in [0.15, 0.2) is 16.7 Å². The summed E-state index contributed by atoms with van der Waals surface area (Å²) in [5.41, 5.74) is 6.47. The van der Waals surface area contributed by atoms with Crippen LogP contribution in [0.1, 0.15) is 18.3 Å². The van der Waals surface area contributed by atoms with Crippen LogP contribution in [0.5, 0.6) is 5.75 Å². The molecule has 5 nitrogen and oxygen atoms in total. The quantitative estimate of drug-likeness (QED) is 0.828. The zero-order valence-corrected chi connectivity index (χ0v) is 12.3. The van der Waals surface area contributed by atoms with Crippen LogP contribution in [0.2, 0.25) is 0 Å². The van der Waals surface area contributed by atoms with E-state index in [0.29, 0.717) is 12.3 Å². The van der Waals surface area contributed by atoms with Crippen molar-refractivity contribution in [3.05, 3.63) is 35.4 Å². The summed E-state index contributed by atoms with van der Waals surface area (Å²) in [6.07, 6.45) is 0. The highest BCUT2D eigenvalue weighted by molar-refractivity contribution is 7.98. The SMILES string of the molecule is CCn1c(CN)nnc1SCc1ccc(OC)c(F)c1. The van der Waals surface area contributed by atoms with E-state index < -0.39 is 0 Å². The van der Waals surface area contributed by atoms with E-state index >= 15 is 0 Å². The molecule has 1 aromatic carbocycles. The van der Waals surface area contributed by atoms with Gasteiger partial charge in [0.1, 0.15) is 5.82 Å². The van der Waals surface area contributed by atoms with E-state index in [-0.39, 0.29) is 11.6 Å². The minimum absolute atomic E-state index is 0.251. The number of benzene rings is 1. The average Bonchev–Trinajstić information content (AvgIpc) is 2.87. The molecule has 0 spiro atoms. The monoisotopic (exact) mass is 296 g/mol. The molecule has 1 heterocycles. The van der Waals surface area contributed by atoms with Crippen molar-refractivity contribution in [3.8, 4) is 5.75 Å². The van der Waals surface area contributed by atoms with Gasteiger partial charge in [-0.05, 0) is 24.6 Å². The number of hydrogen-bond donors (Lipinski definition) is 1. The third-order valence-corrected chi connectivity index (χ3v) is 3.91. The number of methoxy groups -OCH3 is 1.